The van der Waals surface area contributed by atoms with Crippen molar-refractivity contribution in [1.29, 1.82) is 0 Å². The summed E-state index contributed by atoms with van der Waals surface area (Å²) in [5.41, 5.74) is 1.09. The number of hydrogen-bond acceptors (Lipinski definition) is 5. The first-order valence-electron chi connectivity index (χ1n) is 8.55. The number of amides is 1. The van der Waals surface area contributed by atoms with E-state index in [1.54, 1.807) is 30.6 Å². The van der Waals surface area contributed by atoms with Gasteiger partial charge in [0.2, 0.25) is 5.88 Å². The molecule has 132 valence electrons. The molecule has 0 unspecified atom stereocenters. The van der Waals surface area contributed by atoms with Crippen LogP contribution in [0.1, 0.15) is 29.0 Å². The zero-order valence-corrected chi connectivity index (χ0v) is 14.4. The normalized spacial score (nSPS) is 13.4. The molecule has 0 saturated heterocycles. The second-order valence-electron chi connectivity index (χ2n) is 6.34. The molecule has 0 aliphatic heterocycles. The van der Waals surface area contributed by atoms with E-state index >= 15 is 0 Å². The summed E-state index contributed by atoms with van der Waals surface area (Å²) in [6.07, 6.45) is 9.16. The number of nitrogens with zero attached hydrogens (tertiary/aromatic N) is 4. The van der Waals surface area contributed by atoms with Crippen molar-refractivity contribution in [2.75, 3.05) is 11.9 Å². The third-order valence-electron chi connectivity index (χ3n) is 4.24. The van der Waals surface area contributed by atoms with E-state index in [4.69, 9.17) is 4.74 Å². The lowest BCUT2D eigenvalue weighted by Gasteiger charge is -2.08. The first-order chi connectivity index (χ1) is 12.7. The Morgan fingerprint density at radius 2 is 2.08 bits per heavy atom. The largest absolute Gasteiger partial charge is 0.477 e. The average molecular weight is 349 g/mol. The Morgan fingerprint density at radius 1 is 1.19 bits per heavy atom. The molecule has 1 aliphatic carbocycles. The molecule has 7 nitrogen and oxygen atoms in total. The van der Waals surface area contributed by atoms with Gasteiger partial charge in [-0.15, -0.1) is 0 Å². The van der Waals surface area contributed by atoms with Gasteiger partial charge in [0.1, 0.15) is 11.6 Å². The number of aromatic nitrogens is 4. The van der Waals surface area contributed by atoms with Gasteiger partial charge in [-0.25, -0.2) is 15.0 Å². The number of ether oxygens (including phenoxy) is 1. The van der Waals surface area contributed by atoms with Crippen LogP contribution in [0, 0.1) is 12.8 Å². The SMILES string of the molecule is Cc1nccn1-c1ccc(NC(=O)c2ccc(OCC3CC3)nc2)cn1. The molecule has 3 heterocycles. The molecule has 7 heteroatoms. The van der Waals surface area contributed by atoms with Gasteiger partial charge in [0.15, 0.2) is 0 Å². The van der Waals surface area contributed by atoms with Crippen molar-refractivity contribution in [2.24, 2.45) is 5.92 Å². The van der Waals surface area contributed by atoms with Crippen molar-refractivity contribution in [2.45, 2.75) is 19.8 Å². The van der Waals surface area contributed by atoms with E-state index in [1.807, 2.05) is 23.8 Å². The molecule has 1 saturated carbocycles. The van der Waals surface area contributed by atoms with E-state index in [2.05, 4.69) is 20.3 Å². The molecule has 1 fully saturated rings. The van der Waals surface area contributed by atoms with Crippen molar-refractivity contribution in [1.82, 2.24) is 19.5 Å². The monoisotopic (exact) mass is 349 g/mol. The van der Waals surface area contributed by atoms with Crippen LogP contribution in [0.25, 0.3) is 5.82 Å². The molecule has 3 aromatic heterocycles. The van der Waals surface area contributed by atoms with Crippen molar-refractivity contribution < 1.29 is 9.53 Å². The predicted octanol–water partition coefficient (Wildman–Crippen LogP) is 3.01. The van der Waals surface area contributed by atoms with Crippen molar-refractivity contribution in [3.63, 3.8) is 0 Å². The van der Waals surface area contributed by atoms with E-state index in [0.717, 1.165) is 11.6 Å². The number of rotatable bonds is 6. The topological polar surface area (TPSA) is 81.9 Å². The molecule has 0 atom stereocenters. The van der Waals surface area contributed by atoms with Crippen LogP contribution in [0.4, 0.5) is 5.69 Å². The lowest BCUT2D eigenvalue weighted by Crippen LogP contribution is -2.13. The van der Waals surface area contributed by atoms with Crippen molar-refractivity contribution in [3.05, 3.63) is 60.4 Å². The number of pyridine rings is 2. The summed E-state index contributed by atoms with van der Waals surface area (Å²) in [5.74, 6) is 2.58. The maximum Gasteiger partial charge on any atom is 0.257 e. The summed E-state index contributed by atoms with van der Waals surface area (Å²) in [7, 11) is 0. The second-order valence-corrected chi connectivity index (χ2v) is 6.34. The fraction of sp³-hybridized carbons (Fsp3) is 0.263. The predicted molar refractivity (Wildman–Crippen MR) is 96.5 cm³/mol. The van der Waals surface area contributed by atoms with E-state index in [-0.39, 0.29) is 5.91 Å². The van der Waals surface area contributed by atoms with Crippen LogP contribution >= 0.6 is 0 Å². The number of carbonyl (C=O) groups is 1. The van der Waals surface area contributed by atoms with Crippen LogP contribution < -0.4 is 10.1 Å². The molecule has 1 N–H and O–H groups in total. The molecule has 0 spiro atoms. The number of imidazole rings is 1. The third kappa shape index (κ3) is 3.72. The Hall–Kier alpha value is -3.22. The number of hydrogen-bond donors (Lipinski definition) is 1. The van der Waals surface area contributed by atoms with Crippen LogP contribution in [0.5, 0.6) is 5.88 Å². The van der Waals surface area contributed by atoms with Gasteiger partial charge in [-0.3, -0.25) is 9.36 Å². The van der Waals surface area contributed by atoms with Gasteiger partial charge >= 0.3 is 0 Å². The van der Waals surface area contributed by atoms with Crippen LogP contribution in [-0.2, 0) is 0 Å². The Balaban J connectivity index is 1.38. The molecule has 3 aromatic rings. The van der Waals surface area contributed by atoms with Crippen LogP contribution in [0.2, 0.25) is 0 Å². The lowest BCUT2D eigenvalue weighted by atomic mass is 10.2. The number of carbonyl (C=O) groups excluding carboxylic acids is 1. The zero-order valence-electron chi connectivity index (χ0n) is 14.4. The smallest absolute Gasteiger partial charge is 0.257 e. The number of nitrogens with one attached hydrogen (secondary N) is 1. The van der Waals surface area contributed by atoms with Crippen LogP contribution in [0.15, 0.2) is 49.1 Å². The first-order valence-corrected chi connectivity index (χ1v) is 8.55. The van der Waals surface area contributed by atoms with Gasteiger partial charge in [0.25, 0.3) is 5.91 Å². The fourth-order valence-electron chi connectivity index (χ4n) is 2.51. The van der Waals surface area contributed by atoms with Gasteiger partial charge in [0, 0.05) is 24.7 Å². The molecule has 0 aromatic carbocycles. The summed E-state index contributed by atoms with van der Waals surface area (Å²) >= 11 is 0. The van der Waals surface area contributed by atoms with E-state index in [1.165, 1.54) is 19.0 Å². The fourth-order valence-corrected chi connectivity index (χ4v) is 2.51. The molecule has 26 heavy (non-hydrogen) atoms. The molecule has 0 bridgehead atoms. The first kappa shape index (κ1) is 16.3. The maximum absolute atomic E-state index is 12.3. The molecule has 1 aliphatic rings. The minimum Gasteiger partial charge on any atom is -0.477 e. The Bertz CT molecular complexity index is 898. The van der Waals surface area contributed by atoms with Gasteiger partial charge in [0.05, 0.1) is 24.1 Å². The summed E-state index contributed by atoms with van der Waals surface area (Å²) < 4.78 is 7.45. The molecule has 4 rings (SSSR count). The van der Waals surface area contributed by atoms with Gasteiger partial charge in [-0.2, -0.15) is 0 Å². The molecule has 1 amide bonds. The van der Waals surface area contributed by atoms with Crippen LogP contribution in [-0.4, -0.2) is 32.0 Å². The minimum atomic E-state index is -0.236. The highest BCUT2D eigenvalue weighted by Gasteiger charge is 2.22. The molecule has 0 radical (unpaired) electrons. The van der Waals surface area contributed by atoms with Crippen LogP contribution in [0.3, 0.4) is 0 Å². The Morgan fingerprint density at radius 3 is 2.69 bits per heavy atom. The van der Waals surface area contributed by atoms with Crippen molar-refractivity contribution in [3.8, 4) is 11.7 Å². The summed E-state index contributed by atoms with van der Waals surface area (Å²) in [4.78, 5) is 25.1. The Kier molecular flexibility index (Phi) is 4.35. The van der Waals surface area contributed by atoms with Gasteiger partial charge in [-0.1, -0.05) is 0 Å². The Labute approximate surface area is 151 Å². The number of anilines is 1. The van der Waals surface area contributed by atoms with E-state index in [0.29, 0.717) is 29.7 Å². The zero-order chi connectivity index (χ0) is 17.9. The highest BCUT2D eigenvalue weighted by molar-refractivity contribution is 6.04. The van der Waals surface area contributed by atoms with E-state index < -0.39 is 0 Å². The summed E-state index contributed by atoms with van der Waals surface area (Å²) in [6, 6.07) is 7.07. The third-order valence-corrected chi connectivity index (χ3v) is 4.24. The lowest BCUT2D eigenvalue weighted by molar-refractivity contribution is 0.102. The highest BCUT2D eigenvalue weighted by Crippen LogP contribution is 2.29. The molecular formula is C19H19N5O2. The van der Waals surface area contributed by atoms with Gasteiger partial charge < -0.3 is 10.1 Å². The highest BCUT2D eigenvalue weighted by atomic mass is 16.5. The summed E-state index contributed by atoms with van der Waals surface area (Å²) in [5, 5.41) is 2.82. The summed E-state index contributed by atoms with van der Waals surface area (Å²) in [6.45, 7) is 2.61. The number of aryl methyl sites for hydroxylation is 1. The minimum absolute atomic E-state index is 0.236. The van der Waals surface area contributed by atoms with Gasteiger partial charge in [-0.05, 0) is 43.9 Å². The quantitative estimate of drug-likeness (QED) is 0.740. The van der Waals surface area contributed by atoms with Crippen molar-refractivity contribution >= 4 is 11.6 Å². The average Bonchev–Trinajstić information content (AvgIpc) is 3.40. The second kappa shape index (κ2) is 6.95. The van der Waals surface area contributed by atoms with E-state index in [9.17, 15) is 4.79 Å². The molecular weight excluding hydrogens is 330 g/mol. The maximum atomic E-state index is 12.3. The standard InChI is InChI=1S/C19H19N5O2/c1-13-20-8-9-24(13)17-6-5-16(11-21-17)23-19(25)15-4-7-18(22-10-15)26-12-14-2-3-14/h4-11,14H,2-3,12H2,1H3,(H,23,25).